The maximum Gasteiger partial charge on any atom is 0.257 e. The molecule has 1 amide bonds. The number of hydrogen-bond acceptors (Lipinski definition) is 6. The van der Waals surface area contributed by atoms with Crippen molar-refractivity contribution >= 4 is 45.1 Å². The van der Waals surface area contributed by atoms with Crippen LogP contribution in [0.1, 0.15) is 20.8 Å². The number of anilines is 1. The third-order valence-electron chi connectivity index (χ3n) is 2.79. The van der Waals surface area contributed by atoms with Gasteiger partial charge in [-0.3, -0.25) is 10.1 Å². The second-order valence-electron chi connectivity index (χ2n) is 4.48. The highest BCUT2D eigenvalue weighted by molar-refractivity contribution is 7.19. The Hall–Kier alpha value is -2.38. The quantitative estimate of drug-likeness (QED) is 0.738. The largest absolute Gasteiger partial charge is 0.296 e. The summed E-state index contributed by atoms with van der Waals surface area (Å²) in [7, 11) is 0. The van der Waals surface area contributed by atoms with Gasteiger partial charge < -0.3 is 0 Å². The molecule has 2 heterocycles. The SMILES string of the molecule is Cc1ccc(C(=O)Nc2nnc(N=Cc3cccs3)s2)cc1. The Morgan fingerprint density at radius 1 is 1.23 bits per heavy atom. The Morgan fingerprint density at radius 2 is 2.05 bits per heavy atom. The average molecular weight is 328 g/mol. The van der Waals surface area contributed by atoms with E-state index in [9.17, 15) is 4.79 Å². The molecule has 0 saturated heterocycles. The summed E-state index contributed by atoms with van der Waals surface area (Å²) in [4.78, 5) is 17.4. The van der Waals surface area contributed by atoms with Crippen LogP contribution >= 0.6 is 22.7 Å². The van der Waals surface area contributed by atoms with Crippen LogP contribution in [0.5, 0.6) is 0 Å². The van der Waals surface area contributed by atoms with Crippen LogP contribution in [0.3, 0.4) is 0 Å². The highest BCUT2D eigenvalue weighted by Crippen LogP contribution is 2.23. The molecule has 0 unspecified atom stereocenters. The van der Waals surface area contributed by atoms with Gasteiger partial charge in [-0.05, 0) is 30.5 Å². The van der Waals surface area contributed by atoms with Crippen LogP contribution in [-0.4, -0.2) is 22.3 Å². The average Bonchev–Trinajstić information content (AvgIpc) is 3.17. The van der Waals surface area contributed by atoms with Gasteiger partial charge in [-0.15, -0.1) is 21.5 Å². The summed E-state index contributed by atoms with van der Waals surface area (Å²) >= 11 is 2.83. The molecule has 0 radical (unpaired) electrons. The van der Waals surface area contributed by atoms with Gasteiger partial charge in [-0.25, -0.2) is 4.99 Å². The smallest absolute Gasteiger partial charge is 0.257 e. The number of aromatic nitrogens is 2. The molecule has 0 aliphatic rings. The van der Waals surface area contributed by atoms with Gasteiger partial charge in [-0.1, -0.05) is 35.1 Å². The van der Waals surface area contributed by atoms with E-state index in [1.165, 1.54) is 11.3 Å². The molecule has 0 aliphatic heterocycles. The Balaban J connectivity index is 1.66. The number of amides is 1. The molecule has 0 spiro atoms. The highest BCUT2D eigenvalue weighted by atomic mass is 32.1. The van der Waals surface area contributed by atoms with E-state index < -0.39 is 0 Å². The van der Waals surface area contributed by atoms with Gasteiger partial charge in [0.2, 0.25) is 10.3 Å². The second kappa shape index (κ2) is 6.59. The molecular weight excluding hydrogens is 316 g/mol. The van der Waals surface area contributed by atoms with Crippen LogP contribution in [0, 0.1) is 6.92 Å². The number of carbonyl (C=O) groups is 1. The number of nitrogens with zero attached hydrogens (tertiary/aromatic N) is 3. The van der Waals surface area contributed by atoms with Crippen molar-refractivity contribution in [2.24, 2.45) is 4.99 Å². The predicted octanol–water partition coefficient (Wildman–Crippen LogP) is 3.91. The van der Waals surface area contributed by atoms with Crippen LogP contribution in [0.2, 0.25) is 0 Å². The summed E-state index contributed by atoms with van der Waals surface area (Å²) < 4.78 is 0. The van der Waals surface area contributed by atoms with Crippen molar-refractivity contribution in [1.82, 2.24) is 10.2 Å². The lowest BCUT2D eigenvalue weighted by Crippen LogP contribution is -2.11. The first-order chi connectivity index (χ1) is 10.7. The molecule has 5 nitrogen and oxygen atoms in total. The van der Waals surface area contributed by atoms with Gasteiger partial charge in [-0.2, -0.15) is 0 Å². The van der Waals surface area contributed by atoms with Crippen LogP contribution < -0.4 is 5.32 Å². The van der Waals surface area contributed by atoms with Gasteiger partial charge in [0.1, 0.15) is 0 Å². The molecule has 22 heavy (non-hydrogen) atoms. The molecule has 0 atom stereocenters. The summed E-state index contributed by atoms with van der Waals surface area (Å²) in [6, 6.07) is 11.3. The van der Waals surface area contributed by atoms with E-state index in [2.05, 4.69) is 20.5 Å². The van der Waals surface area contributed by atoms with E-state index in [0.29, 0.717) is 15.8 Å². The number of aryl methyl sites for hydroxylation is 1. The number of thiophene rings is 1. The van der Waals surface area contributed by atoms with Crippen LogP contribution in [-0.2, 0) is 0 Å². The number of hydrogen-bond donors (Lipinski definition) is 1. The summed E-state index contributed by atoms with van der Waals surface area (Å²) in [5.74, 6) is -0.204. The zero-order valence-corrected chi connectivity index (χ0v) is 13.3. The van der Waals surface area contributed by atoms with Crippen molar-refractivity contribution in [3.8, 4) is 0 Å². The van der Waals surface area contributed by atoms with Crippen LogP contribution in [0.4, 0.5) is 10.3 Å². The monoisotopic (exact) mass is 328 g/mol. The fourth-order valence-electron chi connectivity index (χ4n) is 1.68. The second-order valence-corrected chi connectivity index (χ2v) is 6.42. The minimum atomic E-state index is -0.204. The van der Waals surface area contributed by atoms with Gasteiger partial charge in [0.15, 0.2) is 0 Å². The van der Waals surface area contributed by atoms with E-state index in [0.717, 1.165) is 10.4 Å². The first-order valence-corrected chi connectivity index (χ1v) is 8.19. The number of rotatable bonds is 4. The van der Waals surface area contributed by atoms with Gasteiger partial charge in [0.05, 0.1) is 0 Å². The van der Waals surface area contributed by atoms with Crippen molar-refractivity contribution in [3.05, 3.63) is 57.8 Å². The van der Waals surface area contributed by atoms with E-state index >= 15 is 0 Å². The summed E-state index contributed by atoms with van der Waals surface area (Å²) in [6.07, 6.45) is 1.73. The van der Waals surface area contributed by atoms with E-state index in [1.807, 2.05) is 36.6 Å². The first-order valence-electron chi connectivity index (χ1n) is 6.50. The zero-order valence-electron chi connectivity index (χ0n) is 11.7. The Morgan fingerprint density at radius 3 is 2.77 bits per heavy atom. The Bertz CT molecular complexity index is 791. The van der Waals surface area contributed by atoms with E-state index in [-0.39, 0.29) is 5.91 Å². The molecule has 7 heteroatoms. The van der Waals surface area contributed by atoms with Crippen molar-refractivity contribution in [2.45, 2.75) is 6.92 Å². The van der Waals surface area contributed by atoms with E-state index in [1.54, 1.807) is 29.7 Å². The molecule has 0 bridgehead atoms. The molecule has 1 N–H and O–H groups in total. The minimum Gasteiger partial charge on any atom is -0.296 e. The maximum absolute atomic E-state index is 12.1. The predicted molar refractivity (Wildman–Crippen MR) is 90.6 cm³/mol. The van der Waals surface area contributed by atoms with E-state index in [4.69, 9.17) is 0 Å². The third kappa shape index (κ3) is 3.63. The van der Waals surface area contributed by atoms with Crippen LogP contribution in [0.25, 0.3) is 0 Å². The lowest BCUT2D eigenvalue weighted by atomic mass is 10.1. The standard InChI is InChI=1S/C15H12N4OS2/c1-10-4-6-11(7-5-10)13(20)17-15-19-18-14(22-15)16-9-12-3-2-8-21-12/h2-9H,1H3,(H,17,19,20). The number of aliphatic imine (C=N–C) groups is 1. The molecule has 3 rings (SSSR count). The topological polar surface area (TPSA) is 67.2 Å². The molecule has 2 aromatic heterocycles. The third-order valence-corrected chi connectivity index (χ3v) is 4.35. The highest BCUT2D eigenvalue weighted by Gasteiger charge is 2.09. The normalized spacial score (nSPS) is 11.0. The number of nitrogens with one attached hydrogen (secondary N) is 1. The fourth-order valence-corrected chi connectivity index (χ4v) is 2.85. The van der Waals surface area contributed by atoms with Gasteiger partial charge in [0, 0.05) is 16.7 Å². The minimum absolute atomic E-state index is 0.204. The molecule has 3 aromatic rings. The summed E-state index contributed by atoms with van der Waals surface area (Å²) in [5, 5.41) is 13.5. The van der Waals surface area contributed by atoms with Gasteiger partial charge in [0.25, 0.3) is 5.91 Å². The van der Waals surface area contributed by atoms with Gasteiger partial charge >= 0.3 is 0 Å². The molecular formula is C15H12N4OS2. The number of carbonyl (C=O) groups excluding carboxylic acids is 1. The summed E-state index contributed by atoms with van der Waals surface area (Å²) in [5.41, 5.74) is 1.70. The summed E-state index contributed by atoms with van der Waals surface area (Å²) in [6.45, 7) is 1.98. The fraction of sp³-hybridized carbons (Fsp3) is 0.0667. The lowest BCUT2D eigenvalue weighted by Gasteiger charge is -2.00. The molecule has 0 fully saturated rings. The first kappa shape index (κ1) is 14.6. The lowest BCUT2D eigenvalue weighted by molar-refractivity contribution is 0.102. The van der Waals surface area contributed by atoms with Crippen molar-refractivity contribution in [2.75, 3.05) is 5.32 Å². The number of benzene rings is 1. The van der Waals surface area contributed by atoms with Crippen LogP contribution in [0.15, 0.2) is 46.8 Å². The Kier molecular flexibility index (Phi) is 4.36. The molecule has 0 saturated carbocycles. The maximum atomic E-state index is 12.1. The van der Waals surface area contributed by atoms with Crippen molar-refractivity contribution in [3.63, 3.8) is 0 Å². The molecule has 110 valence electrons. The zero-order chi connectivity index (χ0) is 15.4. The Labute approximate surface area is 135 Å². The molecule has 1 aromatic carbocycles. The van der Waals surface area contributed by atoms with Crippen molar-refractivity contribution in [1.29, 1.82) is 0 Å². The van der Waals surface area contributed by atoms with Crippen molar-refractivity contribution < 1.29 is 4.79 Å². The molecule has 0 aliphatic carbocycles.